The third-order valence-corrected chi connectivity index (χ3v) is 6.29. The molecule has 1 aliphatic heterocycles. The minimum Gasteiger partial charge on any atom is -0.345 e. The Labute approximate surface area is 175 Å². The third-order valence-electron chi connectivity index (χ3n) is 6.29. The first-order valence-corrected chi connectivity index (χ1v) is 10.7. The van der Waals surface area contributed by atoms with Crippen molar-refractivity contribution < 1.29 is 14.7 Å². The van der Waals surface area contributed by atoms with E-state index in [4.69, 9.17) is 9.47 Å². The van der Waals surface area contributed by atoms with Crippen molar-refractivity contribution in [1.82, 2.24) is 5.06 Å². The highest BCUT2D eigenvalue weighted by Crippen LogP contribution is 2.48. The van der Waals surface area contributed by atoms with Gasteiger partial charge in [0.15, 0.2) is 5.79 Å². The lowest BCUT2D eigenvalue weighted by atomic mass is 9.73. The number of hydrogen-bond acceptors (Lipinski definition) is 3. The average molecular weight is 397 g/mol. The minimum atomic E-state index is -0.803. The van der Waals surface area contributed by atoms with Crippen LogP contribution in [0.3, 0.4) is 0 Å². The Balaban J connectivity index is 1.90. The molecule has 3 rings (SSSR count). The maximum atomic E-state index is 13.3. The molecule has 0 saturated carbocycles. The number of hydrogen-bond donors (Lipinski definition) is 0. The first kappa shape index (κ1) is 22.0. The number of ether oxygens (including phenoxy) is 2. The van der Waals surface area contributed by atoms with Gasteiger partial charge in [-0.25, -0.2) is 0 Å². The van der Waals surface area contributed by atoms with Crippen LogP contribution in [0.15, 0.2) is 60.7 Å². The van der Waals surface area contributed by atoms with Crippen molar-refractivity contribution in [3.8, 4) is 0 Å². The number of piperidine rings is 1. The van der Waals surface area contributed by atoms with Crippen molar-refractivity contribution in [2.24, 2.45) is 0 Å². The molecule has 1 heterocycles. The summed E-state index contributed by atoms with van der Waals surface area (Å²) in [6.45, 7) is 9.13. The van der Waals surface area contributed by atoms with E-state index in [0.29, 0.717) is 26.1 Å². The highest BCUT2D eigenvalue weighted by Gasteiger charge is 2.57. The fourth-order valence-electron chi connectivity index (χ4n) is 4.62. The molecule has 0 N–H and O–H groups in total. The molecule has 0 spiro atoms. The van der Waals surface area contributed by atoms with Crippen LogP contribution in [0.1, 0.15) is 64.5 Å². The summed E-state index contributed by atoms with van der Waals surface area (Å²) in [4.78, 5) is 0. The zero-order valence-electron chi connectivity index (χ0n) is 18.2. The lowest BCUT2D eigenvalue weighted by Crippen LogP contribution is -2.66. The first-order valence-electron chi connectivity index (χ1n) is 10.7. The second-order valence-corrected chi connectivity index (χ2v) is 8.85. The van der Waals surface area contributed by atoms with Crippen LogP contribution in [0.25, 0.3) is 0 Å². The van der Waals surface area contributed by atoms with E-state index in [-0.39, 0.29) is 0 Å². The summed E-state index contributed by atoms with van der Waals surface area (Å²) >= 11 is 0. The van der Waals surface area contributed by atoms with E-state index >= 15 is 0 Å². The van der Waals surface area contributed by atoms with E-state index in [2.05, 4.69) is 38.1 Å². The minimum absolute atomic E-state index is 0.466. The van der Waals surface area contributed by atoms with Gasteiger partial charge in [-0.1, -0.05) is 74.5 Å². The van der Waals surface area contributed by atoms with Gasteiger partial charge in [-0.15, -0.1) is 10.3 Å². The number of hydroxylamine groups is 2. The summed E-state index contributed by atoms with van der Waals surface area (Å²) < 4.78 is 13.1. The summed E-state index contributed by atoms with van der Waals surface area (Å²) in [6.07, 6.45) is 2.63. The van der Waals surface area contributed by atoms with Gasteiger partial charge in [0.05, 0.1) is 18.8 Å². The molecule has 2 aromatic rings. The lowest BCUT2D eigenvalue weighted by Gasteiger charge is -2.56. The van der Waals surface area contributed by atoms with Gasteiger partial charge in [0, 0.05) is 18.4 Å². The van der Waals surface area contributed by atoms with E-state index in [1.807, 2.05) is 50.2 Å². The molecule has 1 saturated heterocycles. The molecule has 0 unspecified atom stereocenters. The maximum Gasteiger partial charge on any atom is 0.172 e. The van der Waals surface area contributed by atoms with E-state index in [0.717, 1.165) is 24.0 Å². The molecule has 1 aliphatic rings. The van der Waals surface area contributed by atoms with Crippen molar-refractivity contribution in [3.63, 3.8) is 0 Å². The molecule has 157 valence electrons. The monoisotopic (exact) mass is 396 g/mol. The smallest absolute Gasteiger partial charge is 0.172 e. The van der Waals surface area contributed by atoms with Crippen LogP contribution in [-0.2, 0) is 27.9 Å². The molecule has 1 radical (unpaired) electrons. The van der Waals surface area contributed by atoms with Crippen molar-refractivity contribution >= 4 is 0 Å². The summed E-state index contributed by atoms with van der Waals surface area (Å²) in [6, 6.07) is 20.3. The Bertz CT molecular complexity index is 713. The topological polar surface area (TPSA) is 41.6 Å². The Kier molecular flexibility index (Phi) is 6.79. The van der Waals surface area contributed by atoms with Gasteiger partial charge in [-0.2, -0.15) is 0 Å². The van der Waals surface area contributed by atoms with Crippen LogP contribution in [-0.4, -0.2) is 21.9 Å². The van der Waals surface area contributed by atoms with E-state index < -0.39 is 16.9 Å². The number of benzene rings is 2. The largest absolute Gasteiger partial charge is 0.345 e. The fourth-order valence-corrected chi connectivity index (χ4v) is 4.62. The Morgan fingerprint density at radius 3 is 1.66 bits per heavy atom. The Morgan fingerprint density at radius 2 is 1.24 bits per heavy atom. The SMILES string of the molecule is CCC1(CC)CC(OCc2ccccc2)(OCc2ccccc2)CC(C)(C)N1[O]. The fraction of sp³-hybridized carbons (Fsp3) is 0.520. The van der Waals surface area contributed by atoms with Gasteiger partial charge in [0.25, 0.3) is 0 Å². The third kappa shape index (κ3) is 4.89. The quantitative estimate of drug-likeness (QED) is 0.522. The molecule has 4 nitrogen and oxygen atoms in total. The van der Waals surface area contributed by atoms with Gasteiger partial charge in [0.2, 0.25) is 0 Å². The van der Waals surface area contributed by atoms with Crippen LogP contribution >= 0.6 is 0 Å². The molecule has 0 aliphatic carbocycles. The van der Waals surface area contributed by atoms with E-state index in [1.165, 1.54) is 5.06 Å². The molecule has 4 heteroatoms. The lowest BCUT2D eigenvalue weighted by molar-refractivity contribution is -0.374. The highest BCUT2D eigenvalue weighted by molar-refractivity contribution is 5.15. The van der Waals surface area contributed by atoms with Crippen molar-refractivity contribution in [2.45, 2.75) is 83.5 Å². The number of rotatable bonds is 8. The summed E-state index contributed by atoms with van der Waals surface area (Å²) in [5.74, 6) is -0.803. The van der Waals surface area contributed by atoms with Crippen LogP contribution in [0.5, 0.6) is 0 Å². The molecular formula is C25H34NO3. The van der Waals surface area contributed by atoms with E-state index in [1.54, 1.807) is 0 Å². The highest BCUT2D eigenvalue weighted by atomic mass is 16.7. The summed E-state index contributed by atoms with van der Waals surface area (Å²) in [7, 11) is 0. The molecule has 1 fully saturated rings. The molecule has 2 aromatic carbocycles. The predicted molar refractivity (Wildman–Crippen MR) is 114 cm³/mol. The van der Waals surface area contributed by atoms with Gasteiger partial charge < -0.3 is 9.47 Å². The number of nitrogens with zero attached hydrogens (tertiary/aromatic N) is 1. The normalized spacial score (nSPS) is 20.4. The van der Waals surface area contributed by atoms with Gasteiger partial charge in [-0.3, -0.25) is 0 Å². The molecule has 0 aromatic heterocycles. The van der Waals surface area contributed by atoms with Crippen molar-refractivity contribution in [1.29, 1.82) is 0 Å². The maximum absolute atomic E-state index is 13.3. The predicted octanol–water partition coefficient (Wildman–Crippen LogP) is 5.90. The van der Waals surface area contributed by atoms with Crippen LogP contribution in [0.2, 0.25) is 0 Å². The molecule has 0 amide bonds. The van der Waals surface area contributed by atoms with Gasteiger partial charge in [-0.05, 0) is 37.8 Å². The molecule has 0 atom stereocenters. The zero-order chi connectivity index (χ0) is 21.0. The molecule has 0 bridgehead atoms. The summed E-state index contributed by atoms with van der Waals surface area (Å²) in [5.41, 5.74) is 1.15. The van der Waals surface area contributed by atoms with Gasteiger partial charge in [0.1, 0.15) is 0 Å². The van der Waals surface area contributed by atoms with Crippen LogP contribution in [0, 0.1) is 0 Å². The zero-order valence-corrected chi connectivity index (χ0v) is 18.2. The second kappa shape index (κ2) is 8.97. The van der Waals surface area contributed by atoms with E-state index in [9.17, 15) is 5.21 Å². The first-order chi connectivity index (χ1) is 13.8. The average Bonchev–Trinajstić information content (AvgIpc) is 2.75. The summed E-state index contributed by atoms with van der Waals surface area (Å²) in [5, 5.41) is 14.6. The van der Waals surface area contributed by atoms with Gasteiger partial charge >= 0.3 is 0 Å². The Hall–Kier alpha value is -1.72. The molecular weight excluding hydrogens is 362 g/mol. The second-order valence-electron chi connectivity index (χ2n) is 8.85. The Morgan fingerprint density at radius 1 is 0.793 bits per heavy atom. The van der Waals surface area contributed by atoms with Crippen LogP contribution in [0.4, 0.5) is 0 Å². The standard InChI is InChI=1S/C25H34NO3/c1-5-24(6-2)20-25(19-23(3,4)26(24)27,28-17-21-13-9-7-10-14-21)29-18-22-15-11-8-12-16-22/h7-16H,5-6,17-20H2,1-4H3. The molecule has 29 heavy (non-hydrogen) atoms. The van der Waals surface area contributed by atoms with Crippen LogP contribution < -0.4 is 0 Å². The van der Waals surface area contributed by atoms with Crippen molar-refractivity contribution in [2.75, 3.05) is 0 Å². The van der Waals surface area contributed by atoms with Crippen molar-refractivity contribution in [3.05, 3.63) is 71.8 Å².